The van der Waals surface area contributed by atoms with E-state index in [1.807, 2.05) is 27.0 Å². The van der Waals surface area contributed by atoms with Crippen molar-refractivity contribution in [1.29, 1.82) is 0 Å². The van der Waals surface area contributed by atoms with E-state index in [0.717, 1.165) is 24.2 Å². The van der Waals surface area contributed by atoms with Gasteiger partial charge in [0.15, 0.2) is 11.6 Å². The highest BCUT2D eigenvalue weighted by molar-refractivity contribution is 6.04. The van der Waals surface area contributed by atoms with Crippen molar-refractivity contribution in [1.82, 2.24) is 29.4 Å². The molecule has 1 fully saturated rings. The molecule has 220 valence electrons. The molecule has 4 aromatic rings. The first-order valence-electron chi connectivity index (χ1n) is 14.0. The van der Waals surface area contributed by atoms with E-state index in [-0.39, 0.29) is 23.6 Å². The van der Waals surface area contributed by atoms with Crippen molar-refractivity contribution in [3.05, 3.63) is 47.3 Å². The van der Waals surface area contributed by atoms with Crippen LogP contribution in [0.5, 0.6) is 0 Å². The van der Waals surface area contributed by atoms with Crippen LogP contribution >= 0.6 is 0 Å². The number of amides is 2. The number of aryl methyl sites for hydroxylation is 2. The maximum absolute atomic E-state index is 16.2. The van der Waals surface area contributed by atoms with Crippen molar-refractivity contribution in [2.45, 2.75) is 65.0 Å². The van der Waals surface area contributed by atoms with E-state index in [1.54, 1.807) is 54.2 Å². The zero-order chi connectivity index (χ0) is 30.1. The molecule has 2 aliphatic rings. The Bertz CT molecular complexity index is 1760. The topological polar surface area (TPSA) is 119 Å². The second-order valence-corrected chi connectivity index (χ2v) is 12.4. The maximum Gasteiger partial charge on any atom is 0.412 e. The van der Waals surface area contributed by atoms with Crippen molar-refractivity contribution >= 4 is 40.1 Å². The molecule has 3 aromatic heterocycles. The summed E-state index contributed by atoms with van der Waals surface area (Å²) in [6.07, 6.45) is 2.77. The molecule has 1 aromatic carbocycles. The summed E-state index contributed by atoms with van der Waals surface area (Å²) in [6.45, 7) is 9.80. The molecule has 0 bridgehead atoms. The largest absolute Gasteiger partial charge is 0.444 e. The van der Waals surface area contributed by atoms with Gasteiger partial charge in [-0.1, -0.05) is 0 Å². The fourth-order valence-corrected chi connectivity index (χ4v) is 5.81. The molecule has 42 heavy (non-hydrogen) atoms. The molecule has 11 nitrogen and oxygen atoms in total. The number of fused-ring (bicyclic) bond motifs is 3. The number of aromatic nitrogens is 5. The number of ether oxygens (including phenoxy) is 1. The number of nitrogens with zero attached hydrogens (tertiary/aromatic N) is 6. The number of hydrogen-bond donors (Lipinski definition) is 2. The first kappa shape index (κ1) is 27.7. The van der Waals surface area contributed by atoms with Gasteiger partial charge in [-0.2, -0.15) is 10.2 Å². The van der Waals surface area contributed by atoms with E-state index in [1.165, 1.54) is 6.20 Å². The summed E-state index contributed by atoms with van der Waals surface area (Å²) in [5.41, 5.74) is 2.61. The number of carbonyl (C=O) groups excluding carboxylic acids is 2. The Morgan fingerprint density at radius 3 is 2.48 bits per heavy atom. The summed E-state index contributed by atoms with van der Waals surface area (Å²) in [4.78, 5) is 31.6. The summed E-state index contributed by atoms with van der Waals surface area (Å²) in [5.74, 6) is 0.495. The van der Waals surface area contributed by atoms with Crippen LogP contribution in [0, 0.1) is 19.7 Å². The van der Waals surface area contributed by atoms with E-state index in [9.17, 15) is 9.59 Å². The second kappa shape index (κ2) is 9.53. The standard InChI is InChI=1S/C30H35FN8O3/c1-16-25(17(2)38(7)35-16)19-10-18-11-22(32-13-20(18)27(26(19)31)34-28(41)42-29(3,4)5)33-23-12-21-30(8-9-30)15-37(6)24(40)14-39(21)36-23/h10-13H,8-9,14-15H2,1-7H3,(H,34,41)(H,32,33,36). The molecule has 12 heteroatoms. The minimum Gasteiger partial charge on any atom is -0.444 e. The number of nitrogens with one attached hydrogen (secondary N) is 2. The minimum absolute atomic E-state index is 0.0227. The zero-order valence-electron chi connectivity index (χ0n) is 24.9. The molecule has 0 radical (unpaired) electrons. The van der Waals surface area contributed by atoms with Crippen molar-refractivity contribution in [2.75, 3.05) is 24.2 Å². The van der Waals surface area contributed by atoms with Crippen molar-refractivity contribution in [3.63, 3.8) is 0 Å². The lowest BCUT2D eigenvalue weighted by atomic mass is 9.98. The Hall–Kier alpha value is -4.48. The molecule has 2 N–H and O–H groups in total. The van der Waals surface area contributed by atoms with Gasteiger partial charge in [0.25, 0.3) is 0 Å². The summed E-state index contributed by atoms with van der Waals surface area (Å²) in [5, 5.41) is 16.1. The number of hydrogen-bond acceptors (Lipinski definition) is 7. The van der Waals surface area contributed by atoms with Gasteiger partial charge in [0.05, 0.1) is 11.4 Å². The molecule has 6 rings (SSSR count). The predicted octanol–water partition coefficient (Wildman–Crippen LogP) is 5.18. The van der Waals surface area contributed by atoms with Gasteiger partial charge in [0.2, 0.25) is 5.91 Å². The van der Waals surface area contributed by atoms with Gasteiger partial charge < -0.3 is 15.0 Å². The smallest absolute Gasteiger partial charge is 0.412 e. The Kier molecular flexibility index (Phi) is 6.28. The molecule has 2 amide bonds. The molecule has 1 aliphatic carbocycles. The maximum atomic E-state index is 16.2. The van der Waals surface area contributed by atoms with Crippen LogP contribution in [0.25, 0.3) is 21.9 Å². The number of carbonyl (C=O) groups is 2. The Morgan fingerprint density at radius 1 is 1.10 bits per heavy atom. The van der Waals surface area contributed by atoms with E-state index < -0.39 is 17.5 Å². The highest BCUT2D eigenvalue weighted by atomic mass is 19.1. The number of pyridine rings is 1. The van der Waals surface area contributed by atoms with Crippen molar-refractivity contribution < 1.29 is 18.7 Å². The van der Waals surface area contributed by atoms with Gasteiger partial charge in [-0.15, -0.1) is 0 Å². The number of anilines is 3. The third-order valence-electron chi connectivity index (χ3n) is 8.05. The number of rotatable bonds is 4. The van der Waals surface area contributed by atoms with Crippen molar-refractivity contribution in [3.8, 4) is 11.1 Å². The second-order valence-electron chi connectivity index (χ2n) is 12.4. The molecular weight excluding hydrogens is 539 g/mol. The van der Waals surface area contributed by atoms with E-state index in [2.05, 4.69) is 25.8 Å². The van der Waals surface area contributed by atoms with E-state index in [4.69, 9.17) is 4.74 Å². The van der Waals surface area contributed by atoms with Gasteiger partial charge in [0.1, 0.15) is 18.0 Å². The lowest BCUT2D eigenvalue weighted by Crippen LogP contribution is -2.32. The quantitative estimate of drug-likeness (QED) is 0.345. The minimum atomic E-state index is -0.768. The summed E-state index contributed by atoms with van der Waals surface area (Å²) < 4.78 is 25.1. The molecule has 0 saturated heterocycles. The predicted molar refractivity (Wildman–Crippen MR) is 157 cm³/mol. The number of benzene rings is 1. The molecular formula is C30H35FN8O3. The van der Waals surface area contributed by atoms with Gasteiger partial charge in [-0.05, 0) is 65.0 Å². The van der Waals surface area contributed by atoms with E-state index in [0.29, 0.717) is 45.8 Å². The summed E-state index contributed by atoms with van der Waals surface area (Å²) in [7, 11) is 3.64. The van der Waals surface area contributed by atoms with Crippen LogP contribution in [0.2, 0.25) is 0 Å². The highest BCUT2D eigenvalue weighted by Gasteiger charge is 2.50. The lowest BCUT2D eigenvalue weighted by molar-refractivity contribution is -0.130. The van der Waals surface area contributed by atoms with Crippen LogP contribution in [-0.4, -0.2) is 60.6 Å². The van der Waals surface area contributed by atoms with Crippen LogP contribution in [0.3, 0.4) is 0 Å². The Labute approximate surface area is 243 Å². The lowest BCUT2D eigenvalue weighted by Gasteiger charge is -2.21. The zero-order valence-corrected chi connectivity index (χ0v) is 24.9. The molecule has 0 unspecified atom stereocenters. The molecule has 1 saturated carbocycles. The monoisotopic (exact) mass is 574 g/mol. The van der Waals surface area contributed by atoms with Crippen LogP contribution in [0.15, 0.2) is 24.4 Å². The number of halogens is 1. The summed E-state index contributed by atoms with van der Waals surface area (Å²) >= 11 is 0. The van der Waals surface area contributed by atoms with Crippen molar-refractivity contribution in [2.24, 2.45) is 7.05 Å². The van der Waals surface area contributed by atoms with E-state index >= 15 is 4.39 Å². The van der Waals surface area contributed by atoms with Gasteiger partial charge in [-0.3, -0.25) is 19.5 Å². The molecule has 0 atom stereocenters. The first-order chi connectivity index (χ1) is 19.7. The van der Waals surface area contributed by atoms with Gasteiger partial charge in [0, 0.05) is 66.2 Å². The molecule has 1 spiro atoms. The SMILES string of the molecule is Cc1nn(C)c(C)c1-c1cc2cc(Nc3cc4n(n3)CC(=O)N(C)CC43CC3)ncc2c(NC(=O)OC(C)(C)C)c1F. The van der Waals surface area contributed by atoms with Gasteiger partial charge in [-0.25, -0.2) is 14.2 Å². The van der Waals surface area contributed by atoms with Crippen LogP contribution < -0.4 is 10.6 Å². The van der Waals surface area contributed by atoms with Gasteiger partial charge >= 0.3 is 6.09 Å². The third kappa shape index (κ3) is 4.84. The average molecular weight is 575 g/mol. The highest BCUT2D eigenvalue weighted by Crippen LogP contribution is 2.50. The van der Waals surface area contributed by atoms with Crippen LogP contribution in [-0.2, 0) is 28.5 Å². The fourth-order valence-electron chi connectivity index (χ4n) is 5.81. The third-order valence-corrected chi connectivity index (χ3v) is 8.05. The molecule has 1 aliphatic heterocycles. The summed E-state index contributed by atoms with van der Waals surface area (Å²) in [6, 6.07) is 5.51. The van der Waals surface area contributed by atoms with Crippen LogP contribution in [0.1, 0.15) is 50.7 Å². The average Bonchev–Trinajstić information content (AvgIpc) is 3.50. The Balaban J connectivity index is 1.41. The number of likely N-dealkylation sites (N-methyl/N-ethyl adjacent to an activating group) is 1. The Morgan fingerprint density at radius 2 is 1.83 bits per heavy atom. The first-order valence-corrected chi connectivity index (χ1v) is 14.0. The molecule has 4 heterocycles. The normalized spacial score (nSPS) is 16.0. The fraction of sp³-hybridized carbons (Fsp3) is 0.433. The van der Waals surface area contributed by atoms with Crippen LogP contribution in [0.4, 0.5) is 26.5 Å².